The molecule has 1 aromatic carbocycles. The van der Waals surface area contributed by atoms with Gasteiger partial charge < -0.3 is 11.1 Å². The molecular weight excluding hydrogens is 286 g/mol. The van der Waals surface area contributed by atoms with E-state index in [-0.39, 0.29) is 11.8 Å². The minimum Gasteiger partial charge on any atom is -0.355 e. The number of amides is 1. The number of rotatable bonds is 6. The first-order chi connectivity index (χ1) is 11.0. The molecule has 2 unspecified atom stereocenters. The molecule has 4 heteroatoms. The lowest BCUT2D eigenvalue weighted by molar-refractivity contribution is -0.126. The normalized spacial score (nSPS) is 20.5. The first-order valence-electron chi connectivity index (χ1n) is 8.84. The van der Waals surface area contributed by atoms with Gasteiger partial charge in [-0.15, -0.1) is 0 Å². The van der Waals surface area contributed by atoms with E-state index in [4.69, 9.17) is 5.73 Å². The number of nitrogens with one attached hydrogen (secondary N) is 1. The largest absolute Gasteiger partial charge is 0.355 e. The summed E-state index contributed by atoms with van der Waals surface area (Å²) >= 11 is 0. The van der Waals surface area contributed by atoms with Crippen molar-refractivity contribution in [2.75, 3.05) is 26.2 Å². The number of carbonyl (C=O) groups is 1. The molecule has 3 N–H and O–H groups in total. The molecule has 0 saturated carbocycles. The molecule has 0 radical (unpaired) electrons. The SMILES string of the molecule is CC(C)c1ccc(C(C)N2CCCC(C(=O)NCCN)C2)cc1. The van der Waals surface area contributed by atoms with Gasteiger partial charge in [0.2, 0.25) is 5.91 Å². The summed E-state index contributed by atoms with van der Waals surface area (Å²) in [5.74, 6) is 0.806. The van der Waals surface area contributed by atoms with E-state index in [1.807, 2.05) is 0 Å². The fourth-order valence-electron chi connectivity index (χ4n) is 3.28. The molecule has 0 bridgehead atoms. The van der Waals surface area contributed by atoms with E-state index < -0.39 is 0 Å². The summed E-state index contributed by atoms with van der Waals surface area (Å²) < 4.78 is 0. The lowest BCUT2D eigenvalue weighted by Crippen LogP contribution is -2.44. The molecule has 0 aromatic heterocycles. The van der Waals surface area contributed by atoms with Crippen LogP contribution in [-0.2, 0) is 4.79 Å². The average molecular weight is 317 g/mol. The van der Waals surface area contributed by atoms with Crippen molar-refractivity contribution in [1.29, 1.82) is 0 Å². The molecular formula is C19H31N3O. The standard InChI is InChI=1S/C19H31N3O/c1-14(2)16-6-8-17(9-7-16)15(3)22-12-4-5-18(13-22)19(23)21-11-10-20/h6-9,14-15,18H,4-5,10-13,20H2,1-3H3,(H,21,23). The smallest absolute Gasteiger partial charge is 0.224 e. The van der Waals surface area contributed by atoms with E-state index in [0.29, 0.717) is 25.0 Å². The lowest BCUT2D eigenvalue weighted by atomic mass is 9.93. The zero-order chi connectivity index (χ0) is 16.8. The Morgan fingerprint density at radius 3 is 2.52 bits per heavy atom. The molecule has 128 valence electrons. The van der Waals surface area contributed by atoms with Gasteiger partial charge >= 0.3 is 0 Å². The molecule has 23 heavy (non-hydrogen) atoms. The zero-order valence-electron chi connectivity index (χ0n) is 14.7. The predicted molar refractivity (Wildman–Crippen MR) is 95.3 cm³/mol. The second-order valence-electron chi connectivity index (χ2n) is 6.91. The van der Waals surface area contributed by atoms with Crippen LogP contribution in [0, 0.1) is 5.92 Å². The van der Waals surface area contributed by atoms with Crippen molar-refractivity contribution in [2.45, 2.75) is 45.6 Å². The highest BCUT2D eigenvalue weighted by molar-refractivity contribution is 5.78. The van der Waals surface area contributed by atoms with Crippen molar-refractivity contribution in [2.24, 2.45) is 11.7 Å². The molecule has 1 heterocycles. The predicted octanol–water partition coefficient (Wildman–Crippen LogP) is 2.66. The third-order valence-corrected chi connectivity index (χ3v) is 4.90. The van der Waals surface area contributed by atoms with Gasteiger partial charge in [0.25, 0.3) is 0 Å². The molecule has 0 aliphatic carbocycles. The average Bonchev–Trinajstić information content (AvgIpc) is 2.59. The van der Waals surface area contributed by atoms with Crippen LogP contribution in [-0.4, -0.2) is 37.0 Å². The van der Waals surface area contributed by atoms with Gasteiger partial charge in [0.05, 0.1) is 5.92 Å². The van der Waals surface area contributed by atoms with Gasteiger partial charge in [-0.25, -0.2) is 0 Å². The number of carbonyl (C=O) groups excluding carboxylic acids is 1. The molecule has 1 aliphatic rings. The second-order valence-corrected chi connectivity index (χ2v) is 6.91. The van der Waals surface area contributed by atoms with E-state index in [2.05, 4.69) is 55.3 Å². The van der Waals surface area contributed by atoms with Crippen LogP contribution < -0.4 is 11.1 Å². The minimum atomic E-state index is 0.0905. The van der Waals surface area contributed by atoms with Crippen LogP contribution in [0.5, 0.6) is 0 Å². The Balaban J connectivity index is 1.98. The van der Waals surface area contributed by atoms with E-state index in [1.165, 1.54) is 11.1 Å². The van der Waals surface area contributed by atoms with Crippen LogP contribution in [0.2, 0.25) is 0 Å². The van der Waals surface area contributed by atoms with Crippen LogP contribution in [0.3, 0.4) is 0 Å². The Labute approximate surface area is 140 Å². The first-order valence-corrected chi connectivity index (χ1v) is 8.84. The minimum absolute atomic E-state index is 0.0905. The first kappa shape index (κ1) is 18.0. The van der Waals surface area contributed by atoms with Crippen LogP contribution in [0.15, 0.2) is 24.3 Å². The molecule has 1 saturated heterocycles. The van der Waals surface area contributed by atoms with Gasteiger partial charge in [-0.2, -0.15) is 0 Å². The van der Waals surface area contributed by atoms with Gasteiger partial charge in [0.1, 0.15) is 0 Å². The van der Waals surface area contributed by atoms with Crippen molar-refractivity contribution in [3.8, 4) is 0 Å². The number of nitrogens with zero attached hydrogens (tertiary/aromatic N) is 1. The zero-order valence-corrected chi connectivity index (χ0v) is 14.7. The van der Waals surface area contributed by atoms with Crippen LogP contribution in [0.4, 0.5) is 0 Å². The van der Waals surface area contributed by atoms with Crippen LogP contribution in [0.1, 0.15) is 56.7 Å². The maximum Gasteiger partial charge on any atom is 0.224 e. The Morgan fingerprint density at radius 1 is 1.26 bits per heavy atom. The van der Waals surface area contributed by atoms with Gasteiger partial charge in [0, 0.05) is 25.7 Å². The van der Waals surface area contributed by atoms with Crippen molar-refractivity contribution >= 4 is 5.91 Å². The van der Waals surface area contributed by atoms with E-state index in [0.717, 1.165) is 25.9 Å². The Bertz CT molecular complexity index is 498. The Hall–Kier alpha value is -1.39. The van der Waals surface area contributed by atoms with E-state index in [9.17, 15) is 4.79 Å². The van der Waals surface area contributed by atoms with Crippen molar-refractivity contribution < 1.29 is 4.79 Å². The Kier molecular flexibility index (Phi) is 6.60. The lowest BCUT2D eigenvalue weighted by Gasteiger charge is -2.36. The third-order valence-electron chi connectivity index (χ3n) is 4.90. The molecule has 1 aliphatic heterocycles. The molecule has 2 rings (SSSR count). The van der Waals surface area contributed by atoms with E-state index in [1.54, 1.807) is 0 Å². The number of nitrogens with two attached hydrogens (primary N) is 1. The van der Waals surface area contributed by atoms with Gasteiger partial charge in [0.15, 0.2) is 0 Å². The molecule has 0 spiro atoms. The molecule has 2 atom stereocenters. The topological polar surface area (TPSA) is 58.4 Å². The highest BCUT2D eigenvalue weighted by Crippen LogP contribution is 2.27. The van der Waals surface area contributed by atoms with Crippen molar-refractivity contribution in [3.05, 3.63) is 35.4 Å². The molecule has 4 nitrogen and oxygen atoms in total. The summed E-state index contributed by atoms with van der Waals surface area (Å²) in [6.07, 6.45) is 2.06. The van der Waals surface area contributed by atoms with Crippen molar-refractivity contribution in [1.82, 2.24) is 10.2 Å². The molecule has 1 amide bonds. The third kappa shape index (κ3) is 4.79. The summed E-state index contributed by atoms with van der Waals surface area (Å²) in [5, 5.41) is 2.93. The monoisotopic (exact) mass is 317 g/mol. The quantitative estimate of drug-likeness (QED) is 0.848. The maximum absolute atomic E-state index is 12.2. The number of hydrogen-bond donors (Lipinski definition) is 2. The number of hydrogen-bond acceptors (Lipinski definition) is 3. The number of likely N-dealkylation sites (tertiary alicyclic amines) is 1. The van der Waals surface area contributed by atoms with E-state index >= 15 is 0 Å². The number of piperidine rings is 1. The molecule has 1 fully saturated rings. The fraction of sp³-hybridized carbons (Fsp3) is 0.632. The van der Waals surface area contributed by atoms with Crippen LogP contribution >= 0.6 is 0 Å². The van der Waals surface area contributed by atoms with Gasteiger partial charge in [-0.05, 0) is 43.4 Å². The van der Waals surface area contributed by atoms with Gasteiger partial charge in [-0.1, -0.05) is 38.1 Å². The fourth-order valence-corrected chi connectivity index (χ4v) is 3.28. The summed E-state index contributed by atoms with van der Waals surface area (Å²) in [4.78, 5) is 14.6. The van der Waals surface area contributed by atoms with Gasteiger partial charge in [-0.3, -0.25) is 9.69 Å². The maximum atomic E-state index is 12.2. The summed E-state index contributed by atoms with van der Waals surface area (Å²) in [6.45, 7) is 9.64. The van der Waals surface area contributed by atoms with Crippen molar-refractivity contribution in [3.63, 3.8) is 0 Å². The summed E-state index contributed by atoms with van der Waals surface area (Å²) in [7, 11) is 0. The second kappa shape index (κ2) is 8.46. The summed E-state index contributed by atoms with van der Waals surface area (Å²) in [5.41, 5.74) is 8.17. The highest BCUT2D eigenvalue weighted by Gasteiger charge is 2.28. The Morgan fingerprint density at radius 2 is 1.91 bits per heavy atom. The highest BCUT2D eigenvalue weighted by atomic mass is 16.1. The molecule has 1 aromatic rings. The van der Waals surface area contributed by atoms with Crippen LogP contribution in [0.25, 0.3) is 0 Å². The number of benzene rings is 1. The summed E-state index contributed by atoms with van der Waals surface area (Å²) in [6, 6.07) is 9.27.